The molecule has 0 saturated carbocycles. The van der Waals surface area contributed by atoms with Gasteiger partial charge in [0, 0.05) is 0 Å². The van der Waals surface area contributed by atoms with Gasteiger partial charge in [-0.15, -0.1) is 0 Å². The van der Waals surface area contributed by atoms with E-state index in [0.717, 1.165) is 11.0 Å². The average Bonchev–Trinajstić information content (AvgIpc) is 2.50. The highest BCUT2D eigenvalue weighted by Crippen LogP contribution is 2.65. The summed E-state index contributed by atoms with van der Waals surface area (Å²) in [5.74, 6) is 0.925. The summed E-state index contributed by atoms with van der Waals surface area (Å²) in [6.07, 6.45) is 1.85. The van der Waals surface area contributed by atoms with Crippen LogP contribution in [-0.4, -0.2) is 20.7 Å². The molecular weight excluding hydrogens is 218 g/mol. The van der Waals surface area contributed by atoms with Gasteiger partial charge in [0.05, 0.1) is 6.20 Å². The van der Waals surface area contributed by atoms with E-state index in [2.05, 4.69) is 46.5 Å². The van der Waals surface area contributed by atoms with Crippen LogP contribution in [0, 0.1) is 6.92 Å². The first-order valence-electron chi connectivity index (χ1n) is 6.05. The van der Waals surface area contributed by atoms with Gasteiger partial charge in [0.15, 0.2) is 0 Å². The van der Waals surface area contributed by atoms with Crippen molar-refractivity contribution in [2.24, 2.45) is 0 Å². The predicted octanol–water partition coefficient (Wildman–Crippen LogP) is 4.37. The van der Waals surface area contributed by atoms with Gasteiger partial charge in [-0.1, -0.05) is 41.5 Å². The smallest absolute Gasteiger partial charge is 0.238 e. The first-order valence-corrected chi connectivity index (χ1v) is 7.88. The van der Waals surface area contributed by atoms with Gasteiger partial charge in [-0.2, -0.15) is 10.0 Å². The number of aryl methyl sites for hydroxylation is 1. The van der Waals surface area contributed by atoms with Gasteiger partial charge >= 0.3 is 0 Å². The zero-order valence-electron chi connectivity index (χ0n) is 11.6. The lowest BCUT2D eigenvalue weighted by Gasteiger charge is -2.48. The van der Waals surface area contributed by atoms with E-state index in [1.54, 1.807) is 0 Å². The summed E-state index contributed by atoms with van der Waals surface area (Å²) in [4.78, 5) is 4.52. The van der Waals surface area contributed by atoms with Crippen LogP contribution >= 0.6 is 10.0 Å². The van der Waals surface area contributed by atoms with E-state index >= 15 is 0 Å². The Balaban J connectivity index is 3.33. The second-order valence-electron chi connectivity index (χ2n) is 5.14. The summed E-state index contributed by atoms with van der Waals surface area (Å²) >= 11 is 0. The number of rotatable bonds is 4. The fourth-order valence-corrected chi connectivity index (χ4v) is 7.72. The van der Waals surface area contributed by atoms with E-state index in [-0.39, 0.29) is 0 Å². The van der Waals surface area contributed by atoms with Gasteiger partial charge < -0.3 is 4.42 Å². The van der Waals surface area contributed by atoms with Crippen molar-refractivity contribution < 1.29 is 4.42 Å². The van der Waals surface area contributed by atoms with Crippen molar-refractivity contribution in [2.45, 2.75) is 69.4 Å². The third-order valence-electron chi connectivity index (χ3n) is 3.24. The van der Waals surface area contributed by atoms with Crippen LogP contribution in [0.25, 0.3) is 0 Å². The highest BCUT2D eigenvalue weighted by Gasteiger charge is 2.40. The lowest BCUT2D eigenvalue weighted by Crippen LogP contribution is -2.29. The molecule has 0 aromatic carbocycles. The largest absolute Gasteiger partial charge is 0.438 e. The Hall–Kier alpha value is -0.440. The zero-order chi connectivity index (χ0) is 12.5. The molecule has 16 heavy (non-hydrogen) atoms. The molecule has 1 rings (SSSR count). The Morgan fingerprint density at radius 2 is 1.44 bits per heavy atom. The minimum atomic E-state index is -0.982. The Kier molecular flexibility index (Phi) is 4.11. The second-order valence-corrected chi connectivity index (χ2v) is 9.85. The van der Waals surface area contributed by atoms with Crippen molar-refractivity contribution in [3.8, 4) is 0 Å². The van der Waals surface area contributed by atoms with Crippen LogP contribution in [-0.2, 0) is 0 Å². The highest BCUT2D eigenvalue weighted by atomic mass is 32.3. The first kappa shape index (κ1) is 13.6. The average molecular weight is 243 g/mol. The number of hydrogen-bond donors (Lipinski definition) is 0. The third-order valence-corrected chi connectivity index (χ3v) is 8.72. The van der Waals surface area contributed by atoms with Crippen molar-refractivity contribution in [3.63, 3.8) is 0 Å². The van der Waals surface area contributed by atoms with E-state index in [1.807, 2.05) is 13.1 Å². The molecule has 0 spiro atoms. The molecule has 0 radical (unpaired) electrons. The molecule has 94 valence electrons. The molecular formula is C13H25NOS. The molecule has 0 unspecified atom stereocenters. The molecule has 0 saturated heterocycles. The summed E-state index contributed by atoms with van der Waals surface area (Å²) in [5.41, 5.74) is 0. The Morgan fingerprint density at radius 3 is 1.69 bits per heavy atom. The molecule has 0 aliphatic carbocycles. The van der Waals surface area contributed by atoms with Gasteiger partial charge in [-0.3, -0.25) is 0 Å². The van der Waals surface area contributed by atoms with E-state index in [9.17, 15) is 0 Å². The molecule has 0 bridgehead atoms. The molecule has 0 N–H and O–H groups in total. The maximum atomic E-state index is 5.86. The molecule has 0 aliphatic rings. The van der Waals surface area contributed by atoms with E-state index < -0.39 is 10.0 Å². The van der Waals surface area contributed by atoms with Gasteiger partial charge in [-0.25, -0.2) is 4.98 Å². The van der Waals surface area contributed by atoms with Crippen LogP contribution in [0.2, 0.25) is 0 Å². The van der Waals surface area contributed by atoms with Crippen LogP contribution in [0.5, 0.6) is 0 Å². The third kappa shape index (κ3) is 2.02. The number of aromatic nitrogens is 1. The molecule has 3 heteroatoms. The molecule has 2 nitrogen and oxygen atoms in total. The topological polar surface area (TPSA) is 26.0 Å². The van der Waals surface area contributed by atoms with E-state index in [0.29, 0.717) is 15.7 Å². The molecule has 0 fully saturated rings. The summed E-state index contributed by atoms with van der Waals surface area (Å²) in [5, 5.41) is 2.80. The molecule has 1 aromatic rings. The maximum Gasteiger partial charge on any atom is 0.238 e. The van der Waals surface area contributed by atoms with Crippen LogP contribution in [0.3, 0.4) is 0 Å². The van der Waals surface area contributed by atoms with E-state index in [1.165, 1.54) is 0 Å². The summed E-state index contributed by atoms with van der Waals surface area (Å²) in [6, 6.07) is 0. The van der Waals surface area contributed by atoms with Crippen LogP contribution in [0.4, 0.5) is 0 Å². The SMILES string of the molecule is Cc1cnc(S(C(C)C)(C(C)C)C(C)C)o1. The van der Waals surface area contributed by atoms with Crippen molar-refractivity contribution in [1.82, 2.24) is 4.98 Å². The second kappa shape index (κ2) is 4.82. The lowest BCUT2D eigenvalue weighted by molar-refractivity contribution is 0.423. The van der Waals surface area contributed by atoms with Crippen LogP contribution in [0.1, 0.15) is 47.3 Å². The summed E-state index contributed by atoms with van der Waals surface area (Å²) in [6.45, 7) is 15.8. The Morgan fingerprint density at radius 1 is 1.00 bits per heavy atom. The molecule has 0 aliphatic heterocycles. The monoisotopic (exact) mass is 243 g/mol. The maximum absolute atomic E-state index is 5.86. The van der Waals surface area contributed by atoms with Crippen molar-refractivity contribution in [1.29, 1.82) is 0 Å². The van der Waals surface area contributed by atoms with Crippen LogP contribution in [0.15, 0.2) is 15.8 Å². The van der Waals surface area contributed by atoms with Crippen molar-refractivity contribution in [2.75, 3.05) is 0 Å². The predicted molar refractivity (Wildman–Crippen MR) is 72.5 cm³/mol. The van der Waals surface area contributed by atoms with E-state index in [4.69, 9.17) is 4.42 Å². The Labute approximate surface area is 101 Å². The zero-order valence-corrected chi connectivity index (χ0v) is 12.4. The van der Waals surface area contributed by atoms with Gasteiger partial charge in [0.1, 0.15) is 5.76 Å². The molecule has 1 aromatic heterocycles. The number of hydrogen-bond acceptors (Lipinski definition) is 2. The minimum Gasteiger partial charge on any atom is -0.438 e. The van der Waals surface area contributed by atoms with Crippen molar-refractivity contribution >= 4 is 10.0 Å². The lowest BCUT2D eigenvalue weighted by atomic mass is 10.5. The number of nitrogens with zero attached hydrogens (tertiary/aromatic N) is 1. The van der Waals surface area contributed by atoms with Gasteiger partial charge in [0.25, 0.3) is 0 Å². The molecule has 0 atom stereocenters. The summed E-state index contributed by atoms with van der Waals surface area (Å²) in [7, 11) is -0.982. The molecule has 0 amide bonds. The normalized spacial score (nSPS) is 14.1. The minimum absolute atomic E-state index is 0.602. The van der Waals surface area contributed by atoms with Crippen LogP contribution < -0.4 is 0 Å². The first-order chi connectivity index (χ1) is 7.33. The fourth-order valence-electron chi connectivity index (χ4n) is 2.74. The van der Waals surface area contributed by atoms with Gasteiger partial charge in [0.2, 0.25) is 5.22 Å². The quantitative estimate of drug-likeness (QED) is 0.784. The highest BCUT2D eigenvalue weighted by molar-refractivity contribution is 8.34. The standard InChI is InChI=1S/C13H25NOS/c1-9(2)16(10(3)4,11(5)6)13-14-8-12(7)15-13/h8-11H,1-7H3. The Bertz CT molecular complexity index is 320. The van der Waals surface area contributed by atoms with Gasteiger partial charge in [-0.05, 0) is 22.7 Å². The fraction of sp³-hybridized carbons (Fsp3) is 0.769. The number of oxazole rings is 1. The molecule has 1 heterocycles. The summed E-state index contributed by atoms with van der Waals surface area (Å²) < 4.78 is 5.86. The van der Waals surface area contributed by atoms with Crippen molar-refractivity contribution in [3.05, 3.63) is 12.0 Å².